The summed E-state index contributed by atoms with van der Waals surface area (Å²) in [4.78, 5) is 15.5. The number of alkyl halides is 1. The number of hydrogen-bond acceptors (Lipinski definition) is 3. The van der Waals surface area contributed by atoms with Crippen LogP contribution in [0.4, 0.5) is 19.3 Å². The molecule has 3 rings (SSSR count). The van der Waals surface area contributed by atoms with Gasteiger partial charge in [0, 0.05) is 26.1 Å². The summed E-state index contributed by atoms with van der Waals surface area (Å²) in [5.74, 6) is -0.0102. The molecule has 7 heteroatoms. The molecule has 24 heavy (non-hydrogen) atoms. The van der Waals surface area contributed by atoms with Gasteiger partial charge in [0.15, 0.2) is 0 Å². The summed E-state index contributed by atoms with van der Waals surface area (Å²) in [5, 5.41) is 12.1. The van der Waals surface area contributed by atoms with Crippen molar-refractivity contribution in [3.8, 4) is 0 Å². The van der Waals surface area contributed by atoms with Crippen molar-refractivity contribution in [3.63, 3.8) is 0 Å². The second kappa shape index (κ2) is 7.34. The molecule has 132 valence electrons. The number of para-hydroxylation sites is 1. The summed E-state index contributed by atoms with van der Waals surface area (Å²) in [6.45, 7) is 1.70. The first-order valence-electron chi connectivity index (χ1n) is 8.37. The highest BCUT2D eigenvalue weighted by molar-refractivity contribution is 5.75. The standard InChI is InChI=1S/C17H23F2N3O2/c18-13-7-14(11-23)22(10-13)17(24)20-8-12-5-6-21(9-12)16-4-2-1-3-15(16)19/h1-4,12-14,23H,5-11H2,(H,20,24)/t12?,13-,14-/m0/s1. The van der Waals surface area contributed by atoms with E-state index in [9.17, 15) is 18.7 Å². The van der Waals surface area contributed by atoms with E-state index in [1.54, 1.807) is 12.1 Å². The Kier molecular flexibility index (Phi) is 5.18. The van der Waals surface area contributed by atoms with Gasteiger partial charge in [0.2, 0.25) is 0 Å². The molecular weight excluding hydrogens is 316 g/mol. The number of aliphatic hydroxyl groups excluding tert-OH is 1. The number of halogens is 2. The minimum atomic E-state index is -1.07. The van der Waals surface area contributed by atoms with Crippen LogP contribution >= 0.6 is 0 Å². The number of nitrogens with one attached hydrogen (secondary N) is 1. The molecule has 2 heterocycles. The van der Waals surface area contributed by atoms with Gasteiger partial charge in [-0.25, -0.2) is 13.6 Å². The summed E-state index contributed by atoms with van der Waals surface area (Å²) < 4.78 is 27.2. The Bertz CT molecular complexity index is 587. The lowest BCUT2D eigenvalue weighted by Gasteiger charge is -2.24. The van der Waals surface area contributed by atoms with Gasteiger partial charge >= 0.3 is 6.03 Å². The second-order valence-electron chi connectivity index (χ2n) is 6.56. The van der Waals surface area contributed by atoms with Crippen molar-refractivity contribution >= 4 is 11.7 Å². The van der Waals surface area contributed by atoms with Gasteiger partial charge in [0.25, 0.3) is 0 Å². The molecule has 1 unspecified atom stereocenters. The highest BCUT2D eigenvalue weighted by Gasteiger charge is 2.35. The number of carbonyl (C=O) groups is 1. The van der Waals surface area contributed by atoms with E-state index in [1.807, 2.05) is 11.0 Å². The smallest absolute Gasteiger partial charge is 0.317 e. The van der Waals surface area contributed by atoms with Crippen molar-refractivity contribution < 1.29 is 18.7 Å². The first kappa shape index (κ1) is 17.0. The van der Waals surface area contributed by atoms with Gasteiger partial charge in [-0.1, -0.05) is 12.1 Å². The molecule has 2 aliphatic rings. The van der Waals surface area contributed by atoms with E-state index < -0.39 is 12.2 Å². The van der Waals surface area contributed by atoms with Crippen LogP contribution in [-0.4, -0.2) is 61.0 Å². The monoisotopic (exact) mass is 339 g/mol. The van der Waals surface area contributed by atoms with Crippen LogP contribution in [0.2, 0.25) is 0 Å². The van der Waals surface area contributed by atoms with Gasteiger partial charge in [-0.15, -0.1) is 0 Å². The fourth-order valence-electron chi connectivity index (χ4n) is 3.54. The van der Waals surface area contributed by atoms with E-state index in [-0.39, 0.29) is 37.3 Å². The molecule has 0 saturated carbocycles. The lowest BCUT2D eigenvalue weighted by atomic mass is 10.1. The number of rotatable bonds is 4. The number of nitrogens with zero attached hydrogens (tertiary/aromatic N) is 2. The highest BCUT2D eigenvalue weighted by Crippen LogP contribution is 2.26. The van der Waals surface area contributed by atoms with Crippen molar-refractivity contribution in [2.75, 3.05) is 37.7 Å². The lowest BCUT2D eigenvalue weighted by molar-refractivity contribution is 0.156. The third kappa shape index (κ3) is 3.61. The molecule has 2 aliphatic heterocycles. The fraction of sp³-hybridized carbons (Fsp3) is 0.588. The van der Waals surface area contributed by atoms with E-state index in [4.69, 9.17) is 0 Å². The number of benzene rings is 1. The van der Waals surface area contributed by atoms with Crippen LogP contribution in [0.1, 0.15) is 12.8 Å². The number of urea groups is 1. The molecule has 1 aromatic rings. The maximum atomic E-state index is 13.8. The highest BCUT2D eigenvalue weighted by atomic mass is 19.1. The summed E-state index contributed by atoms with van der Waals surface area (Å²) >= 11 is 0. The molecule has 5 nitrogen and oxygen atoms in total. The van der Waals surface area contributed by atoms with Gasteiger partial charge in [0.05, 0.1) is 24.9 Å². The summed E-state index contributed by atoms with van der Waals surface area (Å²) in [6, 6.07) is 5.90. The van der Waals surface area contributed by atoms with E-state index in [0.717, 1.165) is 13.0 Å². The van der Waals surface area contributed by atoms with Gasteiger partial charge in [-0.3, -0.25) is 0 Å². The number of hydrogen-bond donors (Lipinski definition) is 2. The van der Waals surface area contributed by atoms with E-state index in [2.05, 4.69) is 5.32 Å². The average Bonchev–Trinajstić information content (AvgIpc) is 3.19. The van der Waals surface area contributed by atoms with Crippen molar-refractivity contribution in [1.82, 2.24) is 10.2 Å². The summed E-state index contributed by atoms with van der Waals surface area (Å²) in [5.41, 5.74) is 0.589. The Morgan fingerprint density at radius 1 is 1.33 bits per heavy atom. The lowest BCUT2D eigenvalue weighted by Crippen LogP contribution is -2.45. The molecule has 2 saturated heterocycles. The summed E-state index contributed by atoms with van der Waals surface area (Å²) in [7, 11) is 0. The van der Waals surface area contributed by atoms with Crippen LogP contribution in [0.15, 0.2) is 24.3 Å². The molecule has 1 aromatic carbocycles. The van der Waals surface area contributed by atoms with Crippen LogP contribution in [0, 0.1) is 11.7 Å². The molecule has 0 bridgehead atoms. The Hall–Kier alpha value is -1.89. The SMILES string of the molecule is O=C(NCC1CCN(c2ccccc2F)C1)N1C[C@@H](F)C[C@H]1CO. The fourth-order valence-corrected chi connectivity index (χ4v) is 3.54. The van der Waals surface area contributed by atoms with Crippen molar-refractivity contribution in [2.45, 2.75) is 25.1 Å². The molecule has 2 fully saturated rings. The van der Waals surface area contributed by atoms with E-state index in [1.165, 1.54) is 11.0 Å². The van der Waals surface area contributed by atoms with Crippen LogP contribution in [0.3, 0.4) is 0 Å². The second-order valence-corrected chi connectivity index (χ2v) is 6.56. The maximum Gasteiger partial charge on any atom is 0.317 e. The number of likely N-dealkylation sites (tertiary alicyclic amines) is 1. The number of amides is 2. The van der Waals surface area contributed by atoms with Crippen LogP contribution in [0.25, 0.3) is 0 Å². The molecule has 2 amide bonds. The molecule has 2 N–H and O–H groups in total. The van der Waals surface area contributed by atoms with Gasteiger partial charge < -0.3 is 20.2 Å². The molecule has 0 aromatic heterocycles. The Morgan fingerprint density at radius 2 is 2.12 bits per heavy atom. The largest absolute Gasteiger partial charge is 0.394 e. The molecular formula is C17H23F2N3O2. The van der Waals surface area contributed by atoms with E-state index >= 15 is 0 Å². The quantitative estimate of drug-likeness (QED) is 0.879. The van der Waals surface area contributed by atoms with Crippen molar-refractivity contribution in [2.24, 2.45) is 5.92 Å². The predicted molar refractivity (Wildman–Crippen MR) is 87.2 cm³/mol. The predicted octanol–water partition coefficient (Wildman–Crippen LogP) is 1.77. The minimum Gasteiger partial charge on any atom is -0.394 e. The Labute approximate surface area is 140 Å². The van der Waals surface area contributed by atoms with Gasteiger partial charge in [-0.05, 0) is 24.5 Å². The first-order chi connectivity index (χ1) is 11.6. The van der Waals surface area contributed by atoms with E-state index in [0.29, 0.717) is 18.8 Å². The Morgan fingerprint density at radius 3 is 2.88 bits per heavy atom. The molecule has 3 atom stereocenters. The van der Waals surface area contributed by atoms with Gasteiger partial charge in [0.1, 0.15) is 12.0 Å². The topological polar surface area (TPSA) is 55.8 Å². The van der Waals surface area contributed by atoms with Crippen molar-refractivity contribution in [3.05, 3.63) is 30.1 Å². The zero-order chi connectivity index (χ0) is 17.1. The number of aliphatic hydroxyl groups is 1. The average molecular weight is 339 g/mol. The van der Waals surface area contributed by atoms with Gasteiger partial charge in [-0.2, -0.15) is 0 Å². The summed E-state index contributed by atoms with van der Waals surface area (Å²) in [6.07, 6.45) is -0.0195. The first-order valence-corrected chi connectivity index (χ1v) is 8.37. The Balaban J connectivity index is 1.50. The third-order valence-corrected chi connectivity index (χ3v) is 4.86. The van der Waals surface area contributed by atoms with Crippen molar-refractivity contribution in [1.29, 1.82) is 0 Å². The van der Waals surface area contributed by atoms with Crippen LogP contribution < -0.4 is 10.2 Å². The molecule has 0 spiro atoms. The van der Waals surface area contributed by atoms with Crippen LogP contribution in [0.5, 0.6) is 0 Å². The zero-order valence-electron chi connectivity index (χ0n) is 13.5. The third-order valence-electron chi connectivity index (χ3n) is 4.86. The zero-order valence-corrected chi connectivity index (χ0v) is 13.5. The van der Waals surface area contributed by atoms with Crippen LogP contribution in [-0.2, 0) is 0 Å². The molecule has 0 radical (unpaired) electrons. The normalized spacial score (nSPS) is 26.9. The minimum absolute atomic E-state index is 0.0308. The molecule has 0 aliphatic carbocycles. The number of anilines is 1. The number of carbonyl (C=O) groups excluding carboxylic acids is 1. The maximum absolute atomic E-state index is 13.8.